The first-order valence-corrected chi connectivity index (χ1v) is 8.47. The van der Waals surface area contributed by atoms with Crippen molar-refractivity contribution in [2.24, 2.45) is 0 Å². The van der Waals surface area contributed by atoms with Gasteiger partial charge in [-0.15, -0.1) is 25.3 Å². The summed E-state index contributed by atoms with van der Waals surface area (Å²) in [5.74, 6) is 1.82. The molecule has 2 aromatic carbocycles. The van der Waals surface area contributed by atoms with Crippen molar-refractivity contribution in [3.63, 3.8) is 0 Å². The van der Waals surface area contributed by atoms with Crippen molar-refractivity contribution in [3.05, 3.63) is 48.5 Å². The summed E-state index contributed by atoms with van der Waals surface area (Å²) in [6.07, 6.45) is 4.45. The maximum absolute atomic E-state index is 5.68. The van der Waals surface area contributed by atoms with Crippen molar-refractivity contribution in [2.45, 2.75) is 35.5 Å². The third-order valence-electron chi connectivity index (χ3n) is 3.25. The van der Waals surface area contributed by atoms with Gasteiger partial charge in [0.05, 0.1) is 13.2 Å². The van der Waals surface area contributed by atoms with Gasteiger partial charge in [0.2, 0.25) is 0 Å². The van der Waals surface area contributed by atoms with Gasteiger partial charge in [-0.3, -0.25) is 0 Å². The molecular weight excluding hydrogens is 312 g/mol. The van der Waals surface area contributed by atoms with Crippen LogP contribution < -0.4 is 9.47 Å². The highest BCUT2D eigenvalue weighted by atomic mass is 32.1. The standard InChI is InChI=1S/C18H22O2S2/c21-17-9-5-15(6-10-17)19-13-3-1-2-4-14-20-16-7-11-18(22)12-8-16/h5-12,21-22H,1-4,13-14H2. The zero-order valence-electron chi connectivity index (χ0n) is 12.6. The van der Waals surface area contributed by atoms with E-state index in [1.165, 1.54) is 0 Å². The Morgan fingerprint density at radius 2 is 0.909 bits per heavy atom. The molecule has 2 rings (SSSR count). The molecule has 0 saturated heterocycles. The van der Waals surface area contributed by atoms with E-state index in [4.69, 9.17) is 9.47 Å². The molecule has 0 radical (unpaired) electrons. The molecule has 118 valence electrons. The molecule has 0 aliphatic heterocycles. The highest BCUT2D eigenvalue weighted by Gasteiger charge is 1.96. The van der Waals surface area contributed by atoms with E-state index in [0.717, 1.165) is 60.2 Å². The summed E-state index contributed by atoms with van der Waals surface area (Å²) < 4.78 is 11.4. The van der Waals surface area contributed by atoms with Crippen LogP contribution in [-0.2, 0) is 0 Å². The van der Waals surface area contributed by atoms with E-state index in [2.05, 4.69) is 25.3 Å². The maximum Gasteiger partial charge on any atom is 0.119 e. The Morgan fingerprint density at radius 3 is 1.27 bits per heavy atom. The fraction of sp³-hybridized carbons (Fsp3) is 0.333. The van der Waals surface area contributed by atoms with Crippen molar-refractivity contribution in [1.82, 2.24) is 0 Å². The summed E-state index contributed by atoms with van der Waals surface area (Å²) in [6.45, 7) is 1.52. The van der Waals surface area contributed by atoms with Crippen molar-refractivity contribution in [3.8, 4) is 11.5 Å². The number of hydrogen-bond acceptors (Lipinski definition) is 4. The number of thiol groups is 2. The molecule has 0 aliphatic carbocycles. The van der Waals surface area contributed by atoms with E-state index in [0.29, 0.717) is 0 Å². The maximum atomic E-state index is 5.68. The zero-order chi connectivity index (χ0) is 15.6. The van der Waals surface area contributed by atoms with E-state index < -0.39 is 0 Å². The van der Waals surface area contributed by atoms with Gasteiger partial charge in [0.1, 0.15) is 11.5 Å². The molecule has 0 spiro atoms. The highest BCUT2D eigenvalue weighted by molar-refractivity contribution is 7.80. The van der Waals surface area contributed by atoms with Crippen molar-refractivity contribution in [2.75, 3.05) is 13.2 Å². The average Bonchev–Trinajstić information content (AvgIpc) is 2.53. The third kappa shape index (κ3) is 6.67. The lowest BCUT2D eigenvalue weighted by atomic mass is 10.2. The van der Waals surface area contributed by atoms with Crippen LogP contribution in [0.25, 0.3) is 0 Å². The quantitative estimate of drug-likeness (QED) is 0.480. The molecule has 0 atom stereocenters. The third-order valence-corrected chi connectivity index (χ3v) is 3.85. The Bertz CT molecular complexity index is 487. The minimum absolute atomic E-state index is 0.760. The monoisotopic (exact) mass is 334 g/mol. The molecule has 0 fully saturated rings. The summed E-state index contributed by atoms with van der Waals surface area (Å²) in [5.41, 5.74) is 0. The molecule has 0 amide bonds. The topological polar surface area (TPSA) is 18.5 Å². The second-order valence-electron chi connectivity index (χ2n) is 5.10. The van der Waals surface area contributed by atoms with Crippen LogP contribution in [0.1, 0.15) is 25.7 Å². The largest absolute Gasteiger partial charge is 0.494 e. The second-order valence-corrected chi connectivity index (χ2v) is 6.13. The first kappa shape index (κ1) is 17.1. The first-order chi connectivity index (χ1) is 10.7. The van der Waals surface area contributed by atoms with Crippen LogP contribution in [0.4, 0.5) is 0 Å². The van der Waals surface area contributed by atoms with Gasteiger partial charge in [0.15, 0.2) is 0 Å². The van der Waals surface area contributed by atoms with E-state index in [1.807, 2.05) is 48.5 Å². The molecule has 0 heterocycles. The molecule has 0 aliphatic rings. The minimum atomic E-state index is 0.760. The Balaban J connectivity index is 1.47. The Kier molecular flexibility index (Phi) is 7.54. The predicted octanol–water partition coefficient (Wildman–Crippen LogP) is 5.28. The minimum Gasteiger partial charge on any atom is -0.494 e. The summed E-state index contributed by atoms with van der Waals surface area (Å²) in [6, 6.07) is 15.6. The number of hydrogen-bond donors (Lipinski definition) is 2. The summed E-state index contributed by atoms with van der Waals surface area (Å²) in [4.78, 5) is 1.91. The van der Waals surface area contributed by atoms with Crippen LogP contribution in [0.15, 0.2) is 58.3 Å². The summed E-state index contributed by atoms with van der Waals surface area (Å²) >= 11 is 8.50. The highest BCUT2D eigenvalue weighted by Crippen LogP contribution is 2.16. The predicted molar refractivity (Wildman–Crippen MR) is 96.8 cm³/mol. The second kappa shape index (κ2) is 9.70. The van der Waals surface area contributed by atoms with Gasteiger partial charge < -0.3 is 9.47 Å². The van der Waals surface area contributed by atoms with Gasteiger partial charge in [-0.1, -0.05) is 0 Å². The van der Waals surface area contributed by atoms with Crippen molar-refractivity contribution >= 4 is 25.3 Å². The molecular formula is C18H22O2S2. The lowest BCUT2D eigenvalue weighted by Crippen LogP contribution is -1.99. The van der Waals surface area contributed by atoms with Gasteiger partial charge in [-0.25, -0.2) is 0 Å². The number of rotatable bonds is 9. The van der Waals surface area contributed by atoms with E-state index in [9.17, 15) is 0 Å². The summed E-state index contributed by atoms with van der Waals surface area (Å²) in [7, 11) is 0. The van der Waals surface area contributed by atoms with Crippen molar-refractivity contribution < 1.29 is 9.47 Å². The Labute approximate surface area is 143 Å². The molecule has 4 heteroatoms. The van der Waals surface area contributed by atoms with Gasteiger partial charge in [-0.2, -0.15) is 0 Å². The van der Waals surface area contributed by atoms with E-state index >= 15 is 0 Å². The molecule has 0 bridgehead atoms. The fourth-order valence-electron chi connectivity index (χ4n) is 2.02. The van der Waals surface area contributed by atoms with Gasteiger partial charge in [-0.05, 0) is 74.2 Å². The van der Waals surface area contributed by atoms with Crippen LogP contribution in [-0.4, -0.2) is 13.2 Å². The number of benzene rings is 2. The molecule has 0 aromatic heterocycles. The van der Waals surface area contributed by atoms with E-state index in [-0.39, 0.29) is 0 Å². The molecule has 22 heavy (non-hydrogen) atoms. The van der Waals surface area contributed by atoms with E-state index in [1.54, 1.807) is 0 Å². The molecule has 2 nitrogen and oxygen atoms in total. The Hall–Kier alpha value is -1.26. The SMILES string of the molecule is Sc1ccc(OCCCCCCOc2ccc(S)cc2)cc1. The van der Waals surface area contributed by atoms with Crippen LogP contribution in [0.3, 0.4) is 0 Å². The lowest BCUT2D eigenvalue weighted by Gasteiger charge is -2.07. The summed E-state index contributed by atoms with van der Waals surface area (Å²) in [5, 5.41) is 0. The van der Waals surface area contributed by atoms with Crippen LogP contribution in [0.2, 0.25) is 0 Å². The van der Waals surface area contributed by atoms with Crippen LogP contribution >= 0.6 is 25.3 Å². The number of unbranched alkanes of at least 4 members (excludes halogenated alkanes) is 3. The van der Waals surface area contributed by atoms with Gasteiger partial charge in [0.25, 0.3) is 0 Å². The molecule has 0 N–H and O–H groups in total. The van der Waals surface area contributed by atoms with Gasteiger partial charge >= 0.3 is 0 Å². The molecule has 2 aromatic rings. The van der Waals surface area contributed by atoms with Gasteiger partial charge in [0, 0.05) is 9.79 Å². The lowest BCUT2D eigenvalue weighted by molar-refractivity contribution is 0.287. The number of ether oxygens (including phenoxy) is 2. The Morgan fingerprint density at radius 1 is 0.545 bits per heavy atom. The smallest absolute Gasteiger partial charge is 0.119 e. The fourth-order valence-corrected chi connectivity index (χ4v) is 2.32. The molecule has 0 saturated carbocycles. The first-order valence-electron chi connectivity index (χ1n) is 7.58. The van der Waals surface area contributed by atoms with Crippen LogP contribution in [0.5, 0.6) is 11.5 Å². The zero-order valence-corrected chi connectivity index (χ0v) is 14.4. The molecule has 0 unspecified atom stereocenters. The van der Waals surface area contributed by atoms with Crippen molar-refractivity contribution in [1.29, 1.82) is 0 Å². The average molecular weight is 335 g/mol. The normalized spacial score (nSPS) is 10.5. The van der Waals surface area contributed by atoms with Crippen LogP contribution in [0, 0.1) is 0 Å².